The second-order valence-corrected chi connectivity index (χ2v) is 6.10. The summed E-state index contributed by atoms with van der Waals surface area (Å²) in [6.45, 7) is 4.13. The summed E-state index contributed by atoms with van der Waals surface area (Å²) < 4.78 is 18.7. The smallest absolute Gasteiger partial charge is 0.341 e. The van der Waals surface area contributed by atoms with Gasteiger partial charge in [-0.2, -0.15) is 0 Å². The van der Waals surface area contributed by atoms with Gasteiger partial charge in [-0.1, -0.05) is 13.8 Å². The van der Waals surface area contributed by atoms with E-state index in [2.05, 4.69) is 18.8 Å². The highest BCUT2D eigenvalue weighted by Gasteiger charge is 2.18. The van der Waals surface area contributed by atoms with Crippen LogP contribution < -0.4 is 4.74 Å². The third-order valence-electron chi connectivity index (χ3n) is 2.87. The first-order valence-corrected chi connectivity index (χ1v) is 7.60. The maximum absolute atomic E-state index is 13.1. The summed E-state index contributed by atoms with van der Waals surface area (Å²) in [6.07, 6.45) is 5.68. The molecule has 0 aliphatic heterocycles. The number of aromatic carboxylic acids is 1. The number of thioether (sulfide) groups is 1. The van der Waals surface area contributed by atoms with Crippen molar-refractivity contribution < 1.29 is 19.0 Å². The van der Waals surface area contributed by atoms with Gasteiger partial charge < -0.3 is 9.84 Å². The second-order valence-electron chi connectivity index (χ2n) is 4.71. The van der Waals surface area contributed by atoms with Crippen LogP contribution in [-0.4, -0.2) is 21.8 Å². The molecule has 1 unspecified atom stereocenters. The number of nitrogens with zero attached hydrogens (tertiary/aromatic N) is 1. The van der Waals surface area contributed by atoms with Gasteiger partial charge in [0.15, 0.2) is 0 Å². The van der Waals surface area contributed by atoms with Gasteiger partial charge in [0.2, 0.25) is 5.88 Å². The number of hydrogen-bond donors (Lipinski definition) is 1. The number of rotatable bonds is 5. The van der Waals surface area contributed by atoms with E-state index in [1.54, 1.807) is 11.8 Å². The standard InChI is InChI=1S/C15H16FNO3S/c1-3-21-12-5-9(2)4-11(7-12)20-14-13(15(18)19)6-10(16)8-17-14/h4,6-9H,3,5H2,1-2H3,(H,18,19). The molecule has 112 valence electrons. The summed E-state index contributed by atoms with van der Waals surface area (Å²) in [7, 11) is 0. The fourth-order valence-electron chi connectivity index (χ4n) is 2.04. The van der Waals surface area contributed by atoms with E-state index in [0.717, 1.165) is 24.4 Å². The Balaban J connectivity index is 2.27. The average Bonchev–Trinajstić information content (AvgIpc) is 2.40. The van der Waals surface area contributed by atoms with Gasteiger partial charge in [-0.25, -0.2) is 14.2 Å². The fourth-order valence-corrected chi connectivity index (χ4v) is 3.00. The largest absolute Gasteiger partial charge is 0.477 e. The van der Waals surface area contributed by atoms with Crippen molar-refractivity contribution in [1.29, 1.82) is 0 Å². The molecular formula is C15H16FNO3S. The Labute approximate surface area is 126 Å². The lowest BCUT2D eigenvalue weighted by atomic mass is 10.0. The van der Waals surface area contributed by atoms with E-state index in [0.29, 0.717) is 11.7 Å². The van der Waals surface area contributed by atoms with Crippen molar-refractivity contribution in [2.75, 3.05) is 5.75 Å². The van der Waals surface area contributed by atoms with E-state index in [9.17, 15) is 9.18 Å². The minimum Gasteiger partial charge on any atom is -0.477 e. The predicted octanol–water partition coefficient (Wildman–Crippen LogP) is 3.86. The quantitative estimate of drug-likeness (QED) is 0.895. The highest BCUT2D eigenvalue weighted by atomic mass is 32.2. The molecule has 1 atom stereocenters. The second kappa shape index (κ2) is 6.76. The molecular weight excluding hydrogens is 293 g/mol. The molecule has 1 aromatic rings. The highest BCUT2D eigenvalue weighted by Crippen LogP contribution is 2.31. The number of ether oxygens (including phenoxy) is 1. The lowest BCUT2D eigenvalue weighted by Crippen LogP contribution is -2.09. The predicted molar refractivity (Wildman–Crippen MR) is 79.9 cm³/mol. The number of carboxylic acid groups (broad SMARTS) is 1. The average molecular weight is 309 g/mol. The maximum Gasteiger partial charge on any atom is 0.341 e. The van der Waals surface area contributed by atoms with E-state index in [4.69, 9.17) is 9.84 Å². The van der Waals surface area contributed by atoms with E-state index >= 15 is 0 Å². The summed E-state index contributed by atoms with van der Waals surface area (Å²) in [4.78, 5) is 16.0. The Morgan fingerprint density at radius 3 is 3.05 bits per heavy atom. The van der Waals surface area contributed by atoms with Crippen LogP contribution in [0, 0.1) is 11.7 Å². The first-order valence-electron chi connectivity index (χ1n) is 6.61. The number of carboxylic acids is 1. The molecule has 0 saturated carbocycles. The number of pyridine rings is 1. The molecule has 1 heterocycles. The summed E-state index contributed by atoms with van der Waals surface area (Å²) in [5.74, 6) is -0.265. The van der Waals surface area contributed by atoms with Gasteiger partial charge in [-0.15, -0.1) is 11.8 Å². The first kappa shape index (κ1) is 15.6. The molecule has 0 radical (unpaired) electrons. The lowest BCUT2D eigenvalue weighted by Gasteiger charge is -2.18. The van der Waals surface area contributed by atoms with E-state index in [1.807, 2.05) is 12.2 Å². The van der Waals surface area contributed by atoms with Gasteiger partial charge in [-0.3, -0.25) is 0 Å². The van der Waals surface area contributed by atoms with Crippen LogP contribution in [0.4, 0.5) is 4.39 Å². The first-order chi connectivity index (χ1) is 9.99. The van der Waals surface area contributed by atoms with Crippen LogP contribution in [0.25, 0.3) is 0 Å². The monoisotopic (exact) mass is 309 g/mol. The molecule has 1 aliphatic carbocycles. The minimum absolute atomic E-state index is 0.0960. The van der Waals surface area contributed by atoms with Crippen LogP contribution in [0.1, 0.15) is 30.6 Å². The van der Waals surface area contributed by atoms with E-state index in [1.165, 1.54) is 4.91 Å². The van der Waals surface area contributed by atoms with Gasteiger partial charge in [0.1, 0.15) is 17.1 Å². The van der Waals surface area contributed by atoms with Crippen molar-refractivity contribution in [3.8, 4) is 5.88 Å². The molecule has 0 fully saturated rings. The fraction of sp³-hybridized carbons (Fsp3) is 0.333. The van der Waals surface area contributed by atoms with Crippen LogP contribution in [-0.2, 0) is 0 Å². The lowest BCUT2D eigenvalue weighted by molar-refractivity contribution is 0.0692. The van der Waals surface area contributed by atoms with Crippen LogP contribution >= 0.6 is 11.8 Å². The molecule has 1 N–H and O–H groups in total. The van der Waals surface area contributed by atoms with E-state index in [-0.39, 0.29) is 11.4 Å². The Morgan fingerprint density at radius 2 is 2.38 bits per heavy atom. The molecule has 0 spiro atoms. The van der Waals surface area contributed by atoms with Gasteiger partial charge in [0.05, 0.1) is 6.20 Å². The van der Waals surface area contributed by atoms with Crippen LogP contribution in [0.5, 0.6) is 5.88 Å². The zero-order valence-corrected chi connectivity index (χ0v) is 12.6. The molecule has 6 heteroatoms. The molecule has 21 heavy (non-hydrogen) atoms. The van der Waals surface area contributed by atoms with Crippen molar-refractivity contribution in [3.05, 3.63) is 46.5 Å². The zero-order valence-electron chi connectivity index (χ0n) is 11.8. The topological polar surface area (TPSA) is 59.4 Å². The van der Waals surface area contributed by atoms with Crippen molar-refractivity contribution >= 4 is 17.7 Å². The van der Waals surface area contributed by atoms with Crippen molar-refractivity contribution in [1.82, 2.24) is 4.98 Å². The normalized spacial score (nSPS) is 18.0. The molecule has 0 aromatic carbocycles. The number of hydrogen-bond acceptors (Lipinski definition) is 4. The van der Waals surface area contributed by atoms with Crippen LogP contribution in [0.15, 0.2) is 35.1 Å². The zero-order chi connectivity index (χ0) is 15.4. The molecule has 0 bridgehead atoms. The van der Waals surface area contributed by atoms with Gasteiger partial charge in [-0.05, 0) is 41.2 Å². The molecule has 4 nitrogen and oxygen atoms in total. The van der Waals surface area contributed by atoms with Crippen LogP contribution in [0.3, 0.4) is 0 Å². The van der Waals surface area contributed by atoms with Crippen molar-refractivity contribution in [2.24, 2.45) is 5.92 Å². The number of carbonyl (C=O) groups is 1. The Hall–Kier alpha value is -1.82. The SMILES string of the molecule is CCSC1=CC(Oc2ncc(F)cc2C(=O)O)=CC(C)C1. The van der Waals surface area contributed by atoms with E-state index < -0.39 is 11.8 Å². The highest BCUT2D eigenvalue weighted by molar-refractivity contribution is 8.03. The third kappa shape index (κ3) is 4.07. The summed E-state index contributed by atoms with van der Waals surface area (Å²) in [6, 6.07) is 0.906. The maximum atomic E-state index is 13.1. The Morgan fingerprint density at radius 1 is 1.62 bits per heavy atom. The molecule has 2 rings (SSSR count). The number of halogens is 1. The Bertz CT molecular complexity index is 613. The molecule has 0 saturated heterocycles. The van der Waals surface area contributed by atoms with Gasteiger partial charge in [0, 0.05) is 0 Å². The van der Waals surface area contributed by atoms with Crippen molar-refractivity contribution in [3.63, 3.8) is 0 Å². The third-order valence-corrected chi connectivity index (χ3v) is 3.81. The summed E-state index contributed by atoms with van der Waals surface area (Å²) in [5.41, 5.74) is -0.285. The molecule has 0 amide bonds. The van der Waals surface area contributed by atoms with Gasteiger partial charge in [0.25, 0.3) is 0 Å². The van der Waals surface area contributed by atoms with Crippen molar-refractivity contribution in [2.45, 2.75) is 20.3 Å². The van der Waals surface area contributed by atoms with Gasteiger partial charge >= 0.3 is 5.97 Å². The Kier molecular flexibility index (Phi) is 5.01. The molecule has 1 aliphatic rings. The minimum atomic E-state index is -1.27. The number of allylic oxidation sites excluding steroid dienone is 3. The molecule has 1 aromatic heterocycles. The number of aromatic nitrogens is 1. The summed E-state index contributed by atoms with van der Waals surface area (Å²) >= 11 is 1.73. The summed E-state index contributed by atoms with van der Waals surface area (Å²) in [5, 5.41) is 9.08. The van der Waals surface area contributed by atoms with Crippen LogP contribution in [0.2, 0.25) is 0 Å².